The maximum absolute atomic E-state index is 12.7. The minimum Gasteiger partial charge on any atom is -0.271 e. The Hall–Kier alpha value is -1.14. The molecule has 6 heteroatoms. The van der Waals surface area contributed by atoms with E-state index in [4.69, 9.17) is 5.84 Å². The summed E-state index contributed by atoms with van der Waals surface area (Å²) in [5, 5.41) is 0. The van der Waals surface area contributed by atoms with Crippen LogP contribution >= 0.6 is 0 Å². The highest BCUT2D eigenvalue weighted by Crippen LogP contribution is 2.32. The molecule has 0 radical (unpaired) electrons. The molecule has 0 saturated heterocycles. The van der Waals surface area contributed by atoms with E-state index in [1.54, 1.807) is 0 Å². The van der Waals surface area contributed by atoms with Crippen LogP contribution in [0.5, 0.6) is 0 Å². The van der Waals surface area contributed by atoms with Crippen LogP contribution in [0.4, 0.5) is 17.6 Å². The monoisotopic (exact) mass is 222 g/mol. The minimum atomic E-state index is -4.46. The van der Waals surface area contributed by atoms with Crippen LogP contribution in [0, 0.1) is 5.82 Å². The van der Waals surface area contributed by atoms with Crippen LogP contribution in [0.15, 0.2) is 18.2 Å². The molecule has 0 amide bonds. The van der Waals surface area contributed by atoms with E-state index < -0.39 is 17.6 Å². The Morgan fingerprint density at radius 2 is 1.93 bits per heavy atom. The second-order valence-electron chi connectivity index (χ2n) is 3.00. The maximum Gasteiger partial charge on any atom is 0.416 e. The van der Waals surface area contributed by atoms with Crippen LogP contribution in [0.1, 0.15) is 11.1 Å². The zero-order valence-electron chi connectivity index (χ0n) is 7.74. The fourth-order valence-corrected chi connectivity index (χ4v) is 1.25. The van der Waals surface area contributed by atoms with E-state index >= 15 is 0 Å². The normalized spacial score (nSPS) is 11.8. The second-order valence-corrected chi connectivity index (χ2v) is 3.00. The van der Waals surface area contributed by atoms with Gasteiger partial charge in [0.1, 0.15) is 5.82 Å². The Labute approximate surface area is 84.0 Å². The standard InChI is InChI=1S/C9H10F4N2/c10-7-1-2-8(9(11,12)13)6(5-7)3-4-15-14/h1-2,5,15H,3-4,14H2. The predicted molar refractivity (Wildman–Crippen MR) is 47.3 cm³/mol. The summed E-state index contributed by atoms with van der Waals surface area (Å²) in [6.45, 7) is 0.159. The Kier molecular flexibility index (Phi) is 3.65. The zero-order valence-corrected chi connectivity index (χ0v) is 7.74. The van der Waals surface area contributed by atoms with E-state index in [0.717, 1.165) is 18.2 Å². The van der Waals surface area contributed by atoms with E-state index in [1.807, 2.05) is 0 Å². The van der Waals surface area contributed by atoms with Gasteiger partial charge in [-0.25, -0.2) is 4.39 Å². The molecule has 1 aromatic rings. The number of halogens is 4. The van der Waals surface area contributed by atoms with Crippen molar-refractivity contribution in [1.29, 1.82) is 0 Å². The summed E-state index contributed by atoms with van der Waals surface area (Å²) in [7, 11) is 0. The molecule has 0 heterocycles. The van der Waals surface area contributed by atoms with E-state index in [0.29, 0.717) is 0 Å². The summed E-state index contributed by atoms with van der Waals surface area (Å²) in [5.41, 5.74) is 1.31. The van der Waals surface area contributed by atoms with Gasteiger partial charge in [-0.1, -0.05) is 0 Å². The fraction of sp³-hybridized carbons (Fsp3) is 0.333. The number of nitrogens with two attached hydrogens (primary N) is 1. The van der Waals surface area contributed by atoms with Gasteiger partial charge in [0.2, 0.25) is 0 Å². The Morgan fingerprint density at radius 1 is 1.27 bits per heavy atom. The van der Waals surface area contributed by atoms with Crippen molar-refractivity contribution in [2.75, 3.05) is 6.54 Å². The summed E-state index contributed by atoms with van der Waals surface area (Å²) in [4.78, 5) is 0. The molecule has 0 atom stereocenters. The van der Waals surface area contributed by atoms with E-state index in [2.05, 4.69) is 5.43 Å². The Bertz CT molecular complexity index is 335. The van der Waals surface area contributed by atoms with Crippen molar-refractivity contribution in [2.24, 2.45) is 5.84 Å². The smallest absolute Gasteiger partial charge is 0.271 e. The second kappa shape index (κ2) is 4.59. The van der Waals surface area contributed by atoms with Gasteiger partial charge >= 0.3 is 6.18 Å². The largest absolute Gasteiger partial charge is 0.416 e. The third-order valence-electron chi connectivity index (χ3n) is 1.91. The van der Waals surface area contributed by atoms with E-state index in [9.17, 15) is 17.6 Å². The van der Waals surface area contributed by atoms with Crippen molar-refractivity contribution >= 4 is 0 Å². The number of nitrogens with one attached hydrogen (secondary N) is 1. The number of hydrazine groups is 1. The maximum atomic E-state index is 12.7. The molecular weight excluding hydrogens is 212 g/mol. The molecule has 0 unspecified atom stereocenters. The van der Waals surface area contributed by atoms with Crippen LogP contribution in [-0.4, -0.2) is 6.54 Å². The Morgan fingerprint density at radius 3 is 2.47 bits per heavy atom. The van der Waals surface area contributed by atoms with Crippen LogP contribution in [0.3, 0.4) is 0 Å². The summed E-state index contributed by atoms with van der Waals surface area (Å²) in [6, 6.07) is 2.41. The molecule has 1 aromatic carbocycles. The first-order valence-electron chi connectivity index (χ1n) is 4.24. The van der Waals surface area contributed by atoms with Gasteiger partial charge in [-0.2, -0.15) is 13.2 Å². The average molecular weight is 222 g/mol. The first-order chi connectivity index (χ1) is 6.95. The number of hydrogen-bond acceptors (Lipinski definition) is 2. The topological polar surface area (TPSA) is 38.0 Å². The molecule has 0 aromatic heterocycles. The van der Waals surface area contributed by atoms with Crippen molar-refractivity contribution in [1.82, 2.24) is 5.43 Å². The lowest BCUT2D eigenvalue weighted by Crippen LogP contribution is -2.25. The molecule has 0 fully saturated rings. The number of alkyl halides is 3. The third kappa shape index (κ3) is 3.17. The lowest BCUT2D eigenvalue weighted by molar-refractivity contribution is -0.138. The van der Waals surface area contributed by atoms with E-state index in [1.165, 1.54) is 0 Å². The zero-order chi connectivity index (χ0) is 11.5. The molecule has 1 rings (SSSR count). The highest BCUT2D eigenvalue weighted by Gasteiger charge is 2.33. The predicted octanol–water partition coefficient (Wildman–Crippen LogP) is 1.85. The molecule has 84 valence electrons. The lowest BCUT2D eigenvalue weighted by atomic mass is 10.0. The van der Waals surface area contributed by atoms with Gasteiger partial charge in [0.15, 0.2) is 0 Å². The van der Waals surface area contributed by atoms with Gasteiger partial charge in [-0.15, -0.1) is 0 Å². The molecule has 0 aliphatic heterocycles. The molecule has 3 N–H and O–H groups in total. The van der Waals surface area contributed by atoms with Crippen molar-refractivity contribution in [3.8, 4) is 0 Å². The molecule has 0 bridgehead atoms. The van der Waals surface area contributed by atoms with Crippen molar-refractivity contribution < 1.29 is 17.6 Å². The number of rotatable bonds is 3. The highest BCUT2D eigenvalue weighted by molar-refractivity contribution is 5.30. The van der Waals surface area contributed by atoms with Gasteiger partial charge < -0.3 is 0 Å². The van der Waals surface area contributed by atoms with Crippen LogP contribution in [0.2, 0.25) is 0 Å². The molecule has 15 heavy (non-hydrogen) atoms. The lowest BCUT2D eigenvalue weighted by Gasteiger charge is -2.12. The first-order valence-corrected chi connectivity index (χ1v) is 4.24. The van der Waals surface area contributed by atoms with Crippen LogP contribution < -0.4 is 11.3 Å². The minimum absolute atomic E-state index is 0.0309. The summed E-state index contributed by atoms with van der Waals surface area (Å²) in [5.74, 6) is 4.26. The molecule has 0 aliphatic carbocycles. The van der Waals surface area contributed by atoms with Crippen molar-refractivity contribution in [2.45, 2.75) is 12.6 Å². The number of hydrogen-bond donors (Lipinski definition) is 2. The summed E-state index contributed by atoms with van der Waals surface area (Å²) < 4.78 is 50.0. The molecule has 0 spiro atoms. The van der Waals surface area contributed by atoms with Gasteiger partial charge in [0, 0.05) is 6.54 Å². The SMILES string of the molecule is NNCCc1cc(F)ccc1C(F)(F)F. The first kappa shape index (κ1) is 11.9. The van der Waals surface area contributed by atoms with E-state index in [-0.39, 0.29) is 18.5 Å². The third-order valence-corrected chi connectivity index (χ3v) is 1.91. The quantitative estimate of drug-likeness (QED) is 0.465. The Balaban J connectivity index is 3.03. The van der Waals surface area contributed by atoms with Crippen LogP contribution in [-0.2, 0) is 12.6 Å². The van der Waals surface area contributed by atoms with Crippen molar-refractivity contribution in [3.63, 3.8) is 0 Å². The molecule has 2 nitrogen and oxygen atoms in total. The van der Waals surface area contributed by atoms with Gasteiger partial charge in [0.25, 0.3) is 0 Å². The van der Waals surface area contributed by atoms with Crippen LogP contribution in [0.25, 0.3) is 0 Å². The van der Waals surface area contributed by atoms with Gasteiger partial charge in [0.05, 0.1) is 5.56 Å². The average Bonchev–Trinajstić information content (AvgIpc) is 2.12. The number of benzene rings is 1. The summed E-state index contributed by atoms with van der Waals surface area (Å²) in [6.07, 6.45) is -4.43. The van der Waals surface area contributed by atoms with Crippen molar-refractivity contribution in [3.05, 3.63) is 35.1 Å². The van der Waals surface area contributed by atoms with Gasteiger partial charge in [-0.3, -0.25) is 11.3 Å². The highest BCUT2D eigenvalue weighted by atomic mass is 19.4. The molecular formula is C9H10F4N2. The summed E-state index contributed by atoms with van der Waals surface area (Å²) >= 11 is 0. The molecule has 0 saturated carbocycles. The molecule has 0 aliphatic rings. The van der Waals surface area contributed by atoms with Gasteiger partial charge in [-0.05, 0) is 30.2 Å². The fourth-order valence-electron chi connectivity index (χ4n) is 1.25.